The van der Waals surface area contributed by atoms with Crippen LogP contribution in [-0.4, -0.2) is 42.0 Å². The molecule has 1 atom stereocenters. The highest BCUT2D eigenvalue weighted by atomic mass is 15.3. The fraction of sp³-hybridized carbons (Fsp3) is 0.625. The lowest BCUT2D eigenvalue weighted by molar-refractivity contribution is 0.0964. The molecule has 0 saturated carbocycles. The van der Waals surface area contributed by atoms with Gasteiger partial charge in [0.25, 0.3) is 0 Å². The van der Waals surface area contributed by atoms with Crippen molar-refractivity contribution in [3.63, 3.8) is 0 Å². The minimum absolute atomic E-state index is 0.742. The van der Waals surface area contributed by atoms with Crippen molar-refractivity contribution in [3.05, 3.63) is 35.4 Å². The van der Waals surface area contributed by atoms with Crippen molar-refractivity contribution in [3.8, 4) is 0 Å². The molecule has 2 heteroatoms. The minimum atomic E-state index is 0.742. The molecule has 0 spiro atoms. The third-order valence-electron chi connectivity index (χ3n) is 4.15. The zero-order chi connectivity index (χ0) is 13.0. The summed E-state index contributed by atoms with van der Waals surface area (Å²) in [5, 5.41) is 0. The van der Waals surface area contributed by atoms with Gasteiger partial charge in [-0.25, -0.2) is 0 Å². The fourth-order valence-electron chi connectivity index (χ4n) is 2.57. The van der Waals surface area contributed by atoms with Crippen molar-refractivity contribution in [2.75, 3.05) is 26.2 Å². The molecule has 0 N–H and O–H groups in total. The molecular weight excluding hydrogens is 220 g/mol. The van der Waals surface area contributed by atoms with Crippen LogP contribution < -0.4 is 0 Å². The van der Waals surface area contributed by atoms with Crippen LogP contribution in [0.25, 0.3) is 0 Å². The second-order valence-corrected chi connectivity index (χ2v) is 5.55. The summed E-state index contributed by atoms with van der Waals surface area (Å²) in [7, 11) is 0. The maximum Gasteiger partial charge on any atom is 0.0234 e. The zero-order valence-corrected chi connectivity index (χ0v) is 12.0. The molecule has 0 amide bonds. The lowest BCUT2D eigenvalue weighted by Crippen LogP contribution is -2.48. The summed E-state index contributed by atoms with van der Waals surface area (Å²) < 4.78 is 0. The smallest absolute Gasteiger partial charge is 0.0234 e. The fourth-order valence-corrected chi connectivity index (χ4v) is 2.57. The standard InChI is InChI=1S/C16H26N2/c1-4-15(3)18-11-9-17(10-12-18)13-16-7-5-14(2)6-8-16/h5-8,15H,4,9-13H2,1-3H3/t15-/m1/s1. The van der Waals surface area contributed by atoms with Gasteiger partial charge in [0.05, 0.1) is 0 Å². The van der Waals surface area contributed by atoms with Crippen LogP contribution in [0, 0.1) is 6.92 Å². The molecule has 1 aromatic rings. The lowest BCUT2D eigenvalue weighted by Gasteiger charge is -2.37. The van der Waals surface area contributed by atoms with Crippen molar-refractivity contribution in [1.82, 2.24) is 9.80 Å². The molecule has 2 rings (SSSR count). The van der Waals surface area contributed by atoms with Gasteiger partial charge in [0, 0.05) is 38.8 Å². The average Bonchev–Trinajstić information content (AvgIpc) is 2.41. The molecular formula is C16H26N2. The monoisotopic (exact) mass is 246 g/mol. The first kappa shape index (κ1) is 13.6. The van der Waals surface area contributed by atoms with E-state index in [1.807, 2.05) is 0 Å². The molecule has 0 unspecified atom stereocenters. The van der Waals surface area contributed by atoms with E-state index in [1.54, 1.807) is 0 Å². The largest absolute Gasteiger partial charge is 0.298 e. The average molecular weight is 246 g/mol. The second-order valence-electron chi connectivity index (χ2n) is 5.55. The number of hydrogen-bond acceptors (Lipinski definition) is 2. The molecule has 100 valence electrons. The van der Waals surface area contributed by atoms with Gasteiger partial charge in [-0.05, 0) is 25.8 Å². The highest BCUT2D eigenvalue weighted by Gasteiger charge is 2.19. The van der Waals surface area contributed by atoms with Gasteiger partial charge in [-0.3, -0.25) is 9.80 Å². The summed E-state index contributed by atoms with van der Waals surface area (Å²) in [6, 6.07) is 9.69. The minimum Gasteiger partial charge on any atom is -0.298 e. The summed E-state index contributed by atoms with van der Waals surface area (Å²) in [4.78, 5) is 5.19. The maximum absolute atomic E-state index is 2.62. The molecule has 1 fully saturated rings. The van der Waals surface area contributed by atoms with Crippen LogP contribution in [-0.2, 0) is 6.54 Å². The summed E-state index contributed by atoms with van der Waals surface area (Å²) >= 11 is 0. The summed E-state index contributed by atoms with van der Waals surface area (Å²) in [5.41, 5.74) is 2.79. The van der Waals surface area contributed by atoms with Crippen molar-refractivity contribution in [2.24, 2.45) is 0 Å². The lowest BCUT2D eigenvalue weighted by atomic mass is 10.1. The quantitative estimate of drug-likeness (QED) is 0.806. The Labute approximate surface area is 112 Å². The van der Waals surface area contributed by atoms with E-state index in [2.05, 4.69) is 54.8 Å². The van der Waals surface area contributed by atoms with Gasteiger partial charge in [0.1, 0.15) is 0 Å². The highest BCUT2D eigenvalue weighted by molar-refractivity contribution is 5.21. The molecule has 0 aromatic heterocycles. The van der Waals surface area contributed by atoms with Crippen LogP contribution in [0.1, 0.15) is 31.4 Å². The first-order valence-corrected chi connectivity index (χ1v) is 7.21. The molecule has 0 radical (unpaired) electrons. The van der Waals surface area contributed by atoms with Gasteiger partial charge in [-0.1, -0.05) is 36.8 Å². The van der Waals surface area contributed by atoms with E-state index in [-0.39, 0.29) is 0 Å². The molecule has 1 aromatic carbocycles. The van der Waals surface area contributed by atoms with E-state index in [9.17, 15) is 0 Å². The number of benzene rings is 1. The molecule has 1 saturated heterocycles. The Kier molecular flexibility index (Phi) is 4.79. The number of nitrogens with zero attached hydrogens (tertiary/aromatic N) is 2. The van der Waals surface area contributed by atoms with Crippen LogP contribution in [0.15, 0.2) is 24.3 Å². The van der Waals surface area contributed by atoms with Crippen molar-refractivity contribution in [1.29, 1.82) is 0 Å². The van der Waals surface area contributed by atoms with Gasteiger partial charge >= 0.3 is 0 Å². The Morgan fingerprint density at radius 2 is 1.67 bits per heavy atom. The van der Waals surface area contributed by atoms with Gasteiger partial charge in [-0.15, -0.1) is 0 Å². The topological polar surface area (TPSA) is 6.48 Å². The third kappa shape index (κ3) is 3.56. The molecule has 18 heavy (non-hydrogen) atoms. The highest BCUT2D eigenvalue weighted by Crippen LogP contribution is 2.12. The number of hydrogen-bond donors (Lipinski definition) is 0. The van der Waals surface area contributed by atoms with Crippen LogP contribution in [0.3, 0.4) is 0 Å². The van der Waals surface area contributed by atoms with E-state index >= 15 is 0 Å². The number of rotatable bonds is 4. The van der Waals surface area contributed by atoms with Crippen LogP contribution in [0.4, 0.5) is 0 Å². The Balaban J connectivity index is 1.81. The predicted molar refractivity (Wildman–Crippen MR) is 77.8 cm³/mol. The van der Waals surface area contributed by atoms with Crippen molar-refractivity contribution in [2.45, 2.75) is 39.8 Å². The van der Waals surface area contributed by atoms with Gasteiger partial charge < -0.3 is 0 Å². The Morgan fingerprint density at radius 1 is 1.06 bits per heavy atom. The molecule has 2 nitrogen and oxygen atoms in total. The van der Waals surface area contributed by atoms with Crippen molar-refractivity contribution >= 4 is 0 Å². The van der Waals surface area contributed by atoms with Gasteiger partial charge in [-0.2, -0.15) is 0 Å². The van der Waals surface area contributed by atoms with E-state index in [0.29, 0.717) is 0 Å². The number of aryl methyl sites for hydroxylation is 1. The Bertz CT molecular complexity index is 350. The predicted octanol–water partition coefficient (Wildman–Crippen LogP) is 2.91. The first-order valence-electron chi connectivity index (χ1n) is 7.21. The van der Waals surface area contributed by atoms with Crippen LogP contribution in [0.5, 0.6) is 0 Å². The SMILES string of the molecule is CC[C@@H](C)N1CCN(Cc2ccc(C)cc2)CC1. The number of piperazine rings is 1. The van der Waals surface area contributed by atoms with Crippen molar-refractivity contribution < 1.29 is 0 Å². The molecule has 1 heterocycles. The Hall–Kier alpha value is -0.860. The molecule has 0 bridgehead atoms. The summed E-state index contributed by atoms with van der Waals surface area (Å²) in [6.07, 6.45) is 1.26. The molecule has 1 aliphatic heterocycles. The second kappa shape index (κ2) is 6.35. The molecule has 1 aliphatic rings. The molecule has 0 aliphatic carbocycles. The maximum atomic E-state index is 2.62. The summed E-state index contributed by atoms with van der Waals surface area (Å²) in [6.45, 7) is 12.7. The summed E-state index contributed by atoms with van der Waals surface area (Å²) in [5.74, 6) is 0. The zero-order valence-electron chi connectivity index (χ0n) is 12.0. The third-order valence-corrected chi connectivity index (χ3v) is 4.15. The van der Waals surface area contributed by atoms with E-state index in [1.165, 1.54) is 43.7 Å². The van der Waals surface area contributed by atoms with Crippen LogP contribution >= 0.6 is 0 Å². The van der Waals surface area contributed by atoms with Gasteiger partial charge in [0.15, 0.2) is 0 Å². The van der Waals surface area contributed by atoms with Gasteiger partial charge in [0.2, 0.25) is 0 Å². The normalized spacial score (nSPS) is 19.9. The Morgan fingerprint density at radius 3 is 2.22 bits per heavy atom. The van der Waals surface area contributed by atoms with E-state index in [4.69, 9.17) is 0 Å². The van der Waals surface area contributed by atoms with Crippen LogP contribution in [0.2, 0.25) is 0 Å². The van der Waals surface area contributed by atoms with E-state index in [0.717, 1.165) is 12.6 Å². The first-order chi connectivity index (χ1) is 8.69. The van der Waals surface area contributed by atoms with E-state index < -0.39 is 0 Å².